The van der Waals surface area contributed by atoms with Gasteiger partial charge in [0.2, 0.25) is 0 Å². The summed E-state index contributed by atoms with van der Waals surface area (Å²) in [5, 5.41) is 0. The molecule has 0 saturated carbocycles. The number of anilines is 1. The molecule has 0 aromatic heterocycles. The van der Waals surface area contributed by atoms with Crippen LogP contribution < -0.4 is 10.7 Å². The molecule has 0 unspecified atom stereocenters. The van der Waals surface area contributed by atoms with Gasteiger partial charge in [0.15, 0.2) is 0 Å². The molecule has 0 saturated heterocycles. The van der Waals surface area contributed by atoms with Crippen LogP contribution in [0.4, 0.5) is 5.69 Å². The number of nitrogens with two attached hydrogens (primary N) is 1. The molecule has 3 N–H and O–H groups in total. The summed E-state index contributed by atoms with van der Waals surface area (Å²) < 4.78 is 31.6. The largest absolute Gasteiger partial charge is 0.373 e. The van der Waals surface area contributed by atoms with Crippen molar-refractivity contribution in [2.24, 2.45) is 5.84 Å². The topological polar surface area (TPSA) is 86.9 Å². The fraction of sp³-hybridized carbons (Fsp3) is 0.0909. The first-order valence-corrected chi connectivity index (χ1v) is 6.70. The third-order valence-electron chi connectivity index (χ3n) is 3.01. The van der Waals surface area contributed by atoms with Crippen LogP contribution >= 0.6 is 0 Å². The van der Waals surface area contributed by atoms with Crippen LogP contribution in [-0.2, 0) is 10.3 Å². The number of rotatable bonds is 2. The molecular weight excluding hydrogens is 254 g/mol. The quantitative estimate of drug-likeness (QED) is 0.467. The van der Waals surface area contributed by atoms with Crippen LogP contribution in [0.25, 0.3) is 5.70 Å². The molecule has 2 heterocycles. The zero-order valence-electron chi connectivity index (χ0n) is 9.31. The molecule has 0 spiro atoms. The Bertz CT molecular complexity index is 679. The minimum atomic E-state index is -4.45. The summed E-state index contributed by atoms with van der Waals surface area (Å²) >= 11 is 0. The van der Waals surface area contributed by atoms with Crippen molar-refractivity contribution in [2.45, 2.75) is 0 Å². The van der Waals surface area contributed by atoms with E-state index in [1.54, 1.807) is 12.2 Å². The summed E-state index contributed by atoms with van der Waals surface area (Å²) in [6, 6.07) is 7.62. The number of benzene rings is 1. The van der Waals surface area contributed by atoms with Crippen molar-refractivity contribution in [1.82, 2.24) is 4.41 Å². The van der Waals surface area contributed by atoms with Gasteiger partial charge in [0.25, 0.3) is 0 Å². The van der Waals surface area contributed by atoms with E-state index in [1.807, 2.05) is 29.2 Å². The first-order chi connectivity index (χ1) is 8.50. The lowest BCUT2D eigenvalue weighted by Crippen LogP contribution is -2.42. The second-order valence-electron chi connectivity index (χ2n) is 4.04. The lowest BCUT2D eigenvalue weighted by atomic mass is 9.94. The summed E-state index contributed by atoms with van der Waals surface area (Å²) in [5.41, 5.74) is 2.93. The second kappa shape index (κ2) is 3.58. The van der Waals surface area contributed by atoms with Crippen molar-refractivity contribution in [3.8, 4) is 0 Å². The number of fused-ring (bicyclic) bond motifs is 4. The van der Waals surface area contributed by atoms with Gasteiger partial charge in [0, 0.05) is 12.1 Å². The van der Waals surface area contributed by atoms with Crippen LogP contribution in [0.3, 0.4) is 0 Å². The van der Waals surface area contributed by atoms with E-state index in [2.05, 4.69) is 0 Å². The third-order valence-corrected chi connectivity index (χ3v) is 3.71. The van der Waals surface area contributed by atoms with E-state index >= 15 is 0 Å². The van der Waals surface area contributed by atoms with Crippen LogP contribution in [0.5, 0.6) is 0 Å². The Morgan fingerprint density at radius 1 is 1.33 bits per heavy atom. The number of allylic oxidation sites excluding steroid dienone is 1. The van der Waals surface area contributed by atoms with Crippen LogP contribution in [0, 0.1) is 0 Å². The van der Waals surface area contributed by atoms with E-state index in [0.717, 1.165) is 11.3 Å². The van der Waals surface area contributed by atoms with E-state index in [1.165, 1.54) is 0 Å². The molecule has 0 bridgehead atoms. The predicted octanol–water partition coefficient (Wildman–Crippen LogP) is 0.724. The molecule has 3 rings (SSSR count). The van der Waals surface area contributed by atoms with E-state index in [-0.39, 0.29) is 5.70 Å². The Labute approximate surface area is 104 Å². The molecule has 1 aromatic rings. The first kappa shape index (κ1) is 11.3. The highest BCUT2D eigenvalue weighted by Gasteiger charge is 2.35. The predicted molar refractivity (Wildman–Crippen MR) is 67.4 cm³/mol. The molecule has 0 fully saturated rings. The molecule has 0 atom stereocenters. The molecule has 6 nitrogen and oxygen atoms in total. The lowest BCUT2D eigenvalue weighted by molar-refractivity contribution is 0.402. The highest BCUT2D eigenvalue weighted by atomic mass is 32.2. The summed E-state index contributed by atoms with van der Waals surface area (Å²) in [5.74, 6) is 5.43. The van der Waals surface area contributed by atoms with Gasteiger partial charge in [0.05, 0.1) is 17.1 Å². The number of nitrogens with zero attached hydrogens (tertiary/aromatic N) is 2. The summed E-state index contributed by atoms with van der Waals surface area (Å²) in [4.78, 5) is 1.94. The number of hydrogen-bond donors (Lipinski definition) is 2. The average Bonchev–Trinajstić information content (AvgIpc) is 2.33. The maximum absolute atomic E-state index is 11.1. The highest BCUT2D eigenvalue weighted by molar-refractivity contribution is 7.83. The van der Waals surface area contributed by atoms with Gasteiger partial charge in [-0.2, -0.15) is 12.8 Å². The molecule has 18 heavy (non-hydrogen) atoms. The Morgan fingerprint density at radius 3 is 2.78 bits per heavy atom. The maximum atomic E-state index is 11.1. The molecule has 2 aliphatic heterocycles. The van der Waals surface area contributed by atoms with E-state index in [0.29, 0.717) is 16.7 Å². The van der Waals surface area contributed by atoms with E-state index < -0.39 is 10.3 Å². The van der Waals surface area contributed by atoms with Gasteiger partial charge in [0.1, 0.15) is 0 Å². The SMILES string of the molecule is NN(C1=C2c3ccccc3N2CC=C1)S(=O)(=O)O. The van der Waals surface area contributed by atoms with Gasteiger partial charge in [-0.15, -0.1) is 0 Å². The lowest BCUT2D eigenvalue weighted by Gasteiger charge is -2.42. The molecular formula is C11H11N3O3S. The summed E-state index contributed by atoms with van der Waals surface area (Å²) in [6.07, 6.45) is 3.38. The number of para-hydroxylation sites is 1. The summed E-state index contributed by atoms with van der Waals surface area (Å²) in [6.45, 7) is 0.662. The molecule has 0 aliphatic carbocycles. The van der Waals surface area contributed by atoms with Crippen LogP contribution in [-0.4, -0.2) is 23.9 Å². The third kappa shape index (κ3) is 1.45. The van der Waals surface area contributed by atoms with Crippen LogP contribution in [0.2, 0.25) is 0 Å². The van der Waals surface area contributed by atoms with Gasteiger partial charge >= 0.3 is 10.3 Å². The van der Waals surface area contributed by atoms with E-state index in [4.69, 9.17) is 10.4 Å². The number of hydrazine groups is 1. The minimum Gasteiger partial charge on any atom is -0.335 e. The van der Waals surface area contributed by atoms with Crippen molar-refractivity contribution in [3.63, 3.8) is 0 Å². The molecule has 2 aliphatic rings. The fourth-order valence-corrected chi connectivity index (χ4v) is 2.63. The van der Waals surface area contributed by atoms with Crippen molar-refractivity contribution in [2.75, 3.05) is 11.4 Å². The monoisotopic (exact) mass is 265 g/mol. The van der Waals surface area contributed by atoms with Gasteiger partial charge < -0.3 is 4.90 Å². The Morgan fingerprint density at radius 2 is 2.06 bits per heavy atom. The van der Waals surface area contributed by atoms with Gasteiger partial charge in [-0.05, 0) is 12.1 Å². The molecule has 0 amide bonds. The zero-order valence-corrected chi connectivity index (χ0v) is 10.1. The highest BCUT2D eigenvalue weighted by Crippen LogP contribution is 2.45. The molecule has 0 radical (unpaired) electrons. The van der Waals surface area contributed by atoms with E-state index in [9.17, 15) is 8.42 Å². The minimum absolute atomic E-state index is 0.266. The van der Waals surface area contributed by atoms with Crippen molar-refractivity contribution in [1.29, 1.82) is 0 Å². The molecule has 7 heteroatoms. The maximum Gasteiger partial charge on any atom is 0.373 e. The first-order valence-electron chi connectivity index (χ1n) is 5.30. The van der Waals surface area contributed by atoms with Crippen molar-refractivity contribution in [3.05, 3.63) is 47.7 Å². The van der Waals surface area contributed by atoms with Crippen LogP contribution in [0.15, 0.2) is 42.1 Å². The molecule has 94 valence electrons. The van der Waals surface area contributed by atoms with Gasteiger partial charge in [-0.1, -0.05) is 24.3 Å². The normalized spacial score (nSPS) is 17.1. The standard InChI is InChI=1S/C11H11N3O3S/c12-14(18(15,16)17)10-6-3-7-13-9-5-2-1-4-8(9)11(10)13/h1-6H,7,12H2,(H,15,16,17). The Hall–Kier alpha value is -1.83. The van der Waals surface area contributed by atoms with Crippen molar-refractivity contribution >= 4 is 21.7 Å². The smallest absolute Gasteiger partial charge is 0.335 e. The van der Waals surface area contributed by atoms with Gasteiger partial charge in [-0.25, -0.2) is 5.84 Å². The van der Waals surface area contributed by atoms with Gasteiger partial charge in [-0.3, -0.25) is 4.55 Å². The van der Waals surface area contributed by atoms with Crippen LogP contribution in [0.1, 0.15) is 5.56 Å². The average molecular weight is 265 g/mol. The van der Waals surface area contributed by atoms with Crippen molar-refractivity contribution < 1.29 is 13.0 Å². The summed E-state index contributed by atoms with van der Waals surface area (Å²) in [7, 11) is -4.45. The zero-order chi connectivity index (χ0) is 12.9. The second-order valence-corrected chi connectivity index (χ2v) is 5.33. The molecule has 1 aromatic carbocycles. The number of hydrogen-bond acceptors (Lipinski definition) is 4. The Balaban J connectivity index is 2.16. The Kier molecular flexibility index (Phi) is 2.24. The fourth-order valence-electron chi connectivity index (χ4n) is 2.24.